The molecular formula is C19H21F2N3O. The minimum Gasteiger partial charge on any atom is -0.465 e. The Hall–Kier alpha value is -2.47. The fourth-order valence-corrected chi connectivity index (χ4v) is 2.86. The van der Waals surface area contributed by atoms with Gasteiger partial charge in [0.2, 0.25) is 0 Å². The largest absolute Gasteiger partial charge is 0.465 e. The fourth-order valence-electron chi connectivity index (χ4n) is 2.86. The zero-order valence-electron chi connectivity index (χ0n) is 14.2. The molecule has 0 radical (unpaired) electrons. The summed E-state index contributed by atoms with van der Waals surface area (Å²) in [5.41, 5.74) is 0.614. The molecule has 0 N–H and O–H groups in total. The van der Waals surface area contributed by atoms with Gasteiger partial charge in [-0.2, -0.15) is 0 Å². The zero-order valence-corrected chi connectivity index (χ0v) is 14.2. The Labute approximate surface area is 145 Å². The molecule has 0 unspecified atom stereocenters. The van der Waals surface area contributed by atoms with Gasteiger partial charge in [-0.05, 0) is 43.2 Å². The first kappa shape index (κ1) is 17.4. The van der Waals surface area contributed by atoms with Crippen LogP contribution in [0, 0.1) is 18.6 Å². The van der Waals surface area contributed by atoms with Gasteiger partial charge in [0.15, 0.2) is 0 Å². The summed E-state index contributed by atoms with van der Waals surface area (Å²) >= 11 is 0. The van der Waals surface area contributed by atoms with E-state index in [4.69, 9.17) is 4.42 Å². The lowest BCUT2D eigenvalue weighted by Gasteiger charge is -2.21. The van der Waals surface area contributed by atoms with Crippen LogP contribution in [0.1, 0.15) is 23.5 Å². The number of benzene rings is 1. The molecule has 3 rings (SSSR count). The van der Waals surface area contributed by atoms with Crippen molar-refractivity contribution in [2.75, 3.05) is 6.54 Å². The Bertz CT molecular complexity index is 779. The van der Waals surface area contributed by atoms with E-state index in [0.29, 0.717) is 18.7 Å². The highest BCUT2D eigenvalue weighted by molar-refractivity contribution is 5.18. The molecule has 0 saturated heterocycles. The van der Waals surface area contributed by atoms with E-state index < -0.39 is 11.6 Å². The second-order valence-electron chi connectivity index (χ2n) is 6.15. The van der Waals surface area contributed by atoms with Crippen LogP contribution in [-0.4, -0.2) is 21.0 Å². The highest BCUT2D eigenvalue weighted by Crippen LogP contribution is 2.15. The van der Waals surface area contributed by atoms with Gasteiger partial charge in [-0.1, -0.05) is 0 Å². The molecule has 132 valence electrons. The van der Waals surface area contributed by atoms with Gasteiger partial charge in [-0.25, -0.2) is 13.8 Å². The summed E-state index contributed by atoms with van der Waals surface area (Å²) in [5.74, 6) is 0.589. The number of aromatic nitrogens is 2. The molecule has 6 heteroatoms. The molecule has 0 aliphatic heterocycles. The maximum Gasteiger partial charge on any atom is 0.126 e. The van der Waals surface area contributed by atoms with Crippen molar-refractivity contribution in [2.45, 2.75) is 33.0 Å². The normalized spacial score (nSPS) is 11.4. The quantitative estimate of drug-likeness (QED) is 0.615. The molecule has 0 fully saturated rings. The van der Waals surface area contributed by atoms with Gasteiger partial charge in [0.1, 0.15) is 23.2 Å². The summed E-state index contributed by atoms with van der Waals surface area (Å²) in [6.07, 6.45) is 6.34. The van der Waals surface area contributed by atoms with Crippen molar-refractivity contribution < 1.29 is 13.2 Å². The number of halogens is 2. The third-order valence-electron chi connectivity index (χ3n) is 3.95. The van der Waals surface area contributed by atoms with Crippen molar-refractivity contribution in [3.63, 3.8) is 0 Å². The molecule has 0 saturated carbocycles. The SMILES string of the molecule is Cc1ccc(CN(CCCn2ccnc2)Cc2cc(F)cc(F)c2)o1. The van der Waals surface area contributed by atoms with Crippen LogP contribution in [0.25, 0.3) is 0 Å². The molecular weight excluding hydrogens is 324 g/mol. The number of furan rings is 1. The number of aryl methyl sites for hydroxylation is 2. The molecule has 4 nitrogen and oxygen atoms in total. The van der Waals surface area contributed by atoms with E-state index in [-0.39, 0.29) is 0 Å². The van der Waals surface area contributed by atoms with E-state index in [9.17, 15) is 8.78 Å². The summed E-state index contributed by atoms with van der Waals surface area (Å²) in [6, 6.07) is 7.49. The number of nitrogens with zero attached hydrogens (tertiary/aromatic N) is 3. The minimum atomic E-state index is -0.554. The molecule has 0 atom stereocenters. The van der Waals surface area contributed by atoms with Crippen LogP contribution in [0.5, 0.6) is 0 Å². The van der Waals surface area contributed by atoms with E-state index in [1.165, 1.54) is 12.1 Å². The zero-order chi connectivity index (χ0) is 17.6. The van der Waals surface area contributed by atoms with Crippen molar-refractivity contribution in [1.82, 2.24) is 14.5 Å². The van der Waals surface area contributed by atoms with Gasteiger partial charge in [0, 0.05) is 38.1 Å². The monoisotopic (exact) mass is 345 g/mol. The van der Waals surface area contributed by atoms with Crippen LogP contribution in [0.2, 0.25) is 0 Å². The van der Waals surface area contributed by atoms with Gasteiger partial charge in [-0.3, -0.25) is 4.90 Å². The van der Waals surface area contributed by atoms with E-state index in [1.807, 2.05) is 29.8 Å². The molecule has 25 heavy (non-hydrogen) atoms. The lowest BCUT2D eigenvalue weighted by molar-refractivity contribution is 0.227. The maximum absolute atomic E-state index is 13.5. The molecule has 1 aromatic carbocycles. The minimum absolute atomic E-state index is 0.457. The number of imidazole rings is 1. The molecule has 3 aromatic rings. The molecule has 0 aliphatic carbocycles. The number of hydrogen-bond acceptors (Lipinski definition) is 3. The average molecular weight is 345 g/mol. The molecule has 2 heterocycles. The van der Waals surface area contributed by atoms with E-state index in [2.05, 4.69) is 9.88 Å². The summed E-state index contributed by atoms with van der Waals surface area (Å²) in [7, 11) is 0. The highest BCUT2D eigenvalue weighted by Gasteiger charge is 2.11. The summed E-state index contributed by atoms with van der Waals surface area (Å²) < 4.78 is 34.6. The Kier molecular flexibility index (Phi) is 5.60. The fraction of sp³-hybridized carbons (Fsp3) is 0.316. The predicted molar refractivity (Wildman–Crippen MR) is 90.8 cm³/mol. The molecule has 0 aliphatic rings. The van der Waals surface area contributed by atoms with E-state index in [1.54, 1.807) is 12.5 Å². The van der Waals surface area contributed by atoms with Crippen LogP contribution in [0.3, 0.4) is 0 Å². The first-order chi connectivity index (χ1) is 12.1. The molecule has 0 spiro atoms. The Morgan fingerprint density at radius 3 is 2.56 bits per heavy atom. The Morgan fingerprint density at radius 1 is 1.12 bits per heavy atom. The van der Waals surface area contributed by atoms with Crippen molar-refractivity contribution in [3.05, 3.63) is 77.8 Å². The van der Waals surface area contributed by atoms with Gasteiger partial charge >= 0.3 is 0 Å². The maximum atomic E-state index is 13.5. The van der Waals surface area contributed by atoms with Gasteiger partial charge in [0.25, 0.3) is 0 Å². The second kappa shape index (κ2) is 8.07. The van der Waals surface area contributed by atoms with Crippen LogP contribution in [-0.2, 0) is 19.6 Å². The number of hydrogen-bond donors (Lipinski definition) is 0. The third kappa shape index (κ3) is 5.26. The first-order valence-corrected chi connectivity index (χ1v) is 8.27. The third-order valence-corrected chi connectivity index (χ3v) is 3.95. The average Bonchev–Trinajstić information content (AvgIpc) is 3.18. The van der Waals surface area contributed by atoms with Crippen molar-refractivity contribution in [1.29, 1.82) is 0 Å². The Morgan fingerprint density at radius 2 is 1.92 bits per heavy atom. The molecule has 0 amide bonds. The topological polar surface area (TPSA) is 34.2 Å². The smallest absolute Gasteiger partial charge is 0.126 e. The standard InChI is InChI=1S/C19H21F2N3O/c1-15-3-4-19(25-15)13-24(7-2-6-23-8-5-22-14-23)12-16-9-17(20)11-18(21)10-16/h3-5,8-11,14H,2,6-7,12-13H2,1H3. The number of rotatable bonds is 8. The first-order valence-electron chi connectivity index (χ1n) is 8.27. The second-order valence-corrected chi connectivity index (χ2v) is 6.15. The van der Waals surface area contributed by atoms with Crippen LogP contribution in [0.15, 0.2) is 53.5 Å². The van der Waals surface area contributed by atoms with Crippen molar-refractivity contribution in [2.24, 2.45) is 0 Å². The van der Waals surface area contributed by atoms with Crippen molar-refractivity contribution in [3.8, 4) is 0 Å². The predicted octanol–water partition coefficient (Wildman–Crippen LogP) is 4.16. The van der Waals surface area contributed by atoms with Gasteiger partial charge in [0.05, 0.1) is 12.9 Å². The highest BCUT2D eigenvalue weighted by atomic mass is 19.1. The van der Waals surface area contributed by atoms with E-state index in [0.717, 1.165) is 37.1 Å². The van der Waals surface area contributed by atoms with Crippen LogP contribution in [0.4, 0.5) is 8.78 Å². The lowest BCUT2D eigenvalue weighted by atomic mass is 10.2. The van der Waals surface area contributed by atoms with E-state index >= 15 is 0 Å². The Balaban J connectivity index is 1.66. The van der Waals surface area contributed by atoms with Crippen LogP contribution < -0.4 is 0 Å². The summed E-state index contributed by atoms with van der Waals surface area (Å²) in [4.78, 5) is 6.16. The van der Waals surface area contributed by atoms with Gasteiger partial charge in [-0.15, -0.1) is 0 Å². The van der Waals surface area contributed by atoms with Crippen LogP contribution >= 0.6 is 0 Å². The summed E-state index contributed by atoms with van der Waals surface area (Å²) in [6.45, 7) is 4.56. The molecule has 2 aromatic heterocycles. The van der Waals surface area contributed by atoms with Crippen molar-refractivity contribution >= 4 is 0 Å². The summed E-state index contributed by atoms with van der Waals surface area (Å²) in [5, 5.41) is 0. The lowest BCUT2D eigenvalue weighted by Crippen LogP contribution is -2.25. The molecule has 0 bridgehead atoms. The van der Waals surface area contributed by atoms with Gasteiger partial charge < -0.3 is 8.98 Å².